The Balaban J connectivity index is 1.15. The van der Waals surface area contributed by atoms with E-state index in [-0.39, 0.29) is 0 Å². The van der Waals surface area contributed by atoms with Gasteiger partial charge in [0.2, 0.25) is 0 Å². The van der Waals surface area contributed by atoms with E-state index in [1.54, 1.807) is 11.3 Å². The molecule has 12 aromatic rings. The maximum Gasteiger partial charge on any atom is 0.101 e. The molecule has 0 aliphatic rings. The normalized spacial score (nSPS) is 11.6. The first kappa shape index (κ1) is 33.9. The van der Waals surface area contributed by atoms with Crippen molar-refractivity contribution in [2.24, 2.45) is 0 Å². The van der Waals surface area contributed by atoms with Crippen LogP contribution in [-0.4, -0.2) is 9.13 Å². The summed E-state index contributed by atoms with van der Waals surface area (Å²) in [5.41, 5.74) is 9.31. The average molecular weight is 782 g/mol. The topological polar surface area (TPSA) is 60.7 Å². The summed E-state index contributed by atoms with van der Waals surface area (Å²) < 4.78 is 6.77. The van der Waals surface area contributed by atoms with Crippen molar-refractivity contribution in [2.45, 2.75) is 0 Å². The van der Waals surface area contributed by atoms with Crippen molar-refractivity contribution < 1.29 is 0 Å². The lowest BCUT2D eigenvalue weighted by Gasteiger charge is -2.25. The van der Waals surface area contributed by atoms with Gasteiger partial charge in [-0.25, -0.2) is 0 Å². The fourth-order valence-corrected chi connectivity index (χ4v) is 10.5. The average Bonchev–Trinajstić information content (AvgIpc) is 3.95. The Labute approximate surface area is 348 Å². The first-order valence-corrected chi connectivity index (χ1v) is 20.7. The molecule has 0 spiro atoms. The summed E-state index contributed by atoms with van der Waals surface area (Å²) in [6, 6.07) is 70.5. The van der Waals surface area contributed by atoms with Crippen molar-refractivity contribution in [1.29, 1.82) is 10.5 Å². The molecule has 6 heteroatoms. The number of hydrogen-bond donors (Lipinski definition) is 0. The van der Waals surface area contributed by atoms with E-state index < -0.39 is 0 Å². The quantitative estimate of drug-likeness (QED) is 0.175. The van der Waals surface area contributed by atoms with Crippen LogP contribution in [0, 0.1) is 22.7 Å². The standard InChI is InChI=1S/C54H31N5S/c55-32-35-28-50(36(33-56)27-49(35)58-46-21-11-9-20-42(46)54-40-18-8-7-13-34(40)23-25-48(54)58)59-47-26-24-39(57(37-14-3-1-4-15-37)38-16-5-2-6-17-38)29-43(47)44-31-53-45(30-51(44)59)41-19-10-12-22-52(41)60-53/h1-31H. The third-order valence-electron chi connectivity index (χ3n) is 11.9. The third kappa shape index (κ3) is 4.96. The highest BCUT2D eigenvalue weighted by Gasteiger charge is 2.23. The fourth-order valence-electron chi connectivity index (χ4n) is 9.35. The predicted molar refractivity (Wildman–Crippen MR) is 250 cm³/mol. The van der Waals surface area contributed by atoms with Crippen molar-refractivity contribution in [2.75, 3.05) is 4.90 Å². The number of fused-ring (bicyclic) bond motifs is 11. The van der Waals surface area contributed by atoms with Gasteiger partial charge in [0, 0.05) is 58.8 Å². The molecule has 3 aromatic heterocycles. The van der Waals surface area contributed by atoms with E-state index in [2.05, 4.69) is 184 Å². The maximum absolute atomic E-state index is 11.1. The molecule has 0 saturated carbocycles. The smallest absolute Gasteiger partial charge is 0.101 e. The molecule has 60 heavy (non-hydrogen) atoms. The van der Waals surface area contributed by atoms with Gasteiger partial charge < -0.3 is 14.0 Å². The maximum atomic E-state index is 11.1. The fraction of sp³-hybridized carbons (Fsp3) is 0. The first-order chi connectivity index (χ1) is 29.7. The molecule has 0 amide bonds. The van der Waals surface area contributed by atoms with E-state index in [0.717, 1.165) is 76.8 Å². The zero-order chi connectivity index (χ0) is 39.9. The number of aromatic nitrogens is 2. The second-order valence-corrected chi connectivity index (χ2v) is 16.2. The molecule has 0 N–H and O–H groups in total. The minimum atomic E-state index is 0.476. The summed E-state index contributed by atoms with van der Waals surface area (Å²) in [7, 11) is 0. The monoisotopic (exact) mass is 781 g/mol. The molecular formula is C54H31N5S. The summed E-state index contributed by atoms with van der Waals surface area (Å²) in [6.45, 7) is 0. The number of para-hydroxylation sites is 3. The summed E-state index contributed by atoms with van der Waals surface area (Å²) in [5.74, 6) is 0. The summed E-state index contributed by atoms with van der Waals surface area (Å²) in [6.07, 6.45) is 0. The molecular weight excluding hydrogens is 751 g/mol. The van der Waals surface area contributed by atoms with Crippen LogP contribution in [0.4, 0.5) is 17.1 Å². The Morgan fingerprint density at radius 1 is 0.383 bits per heavy atom. The molecule has 12 rings (SSSR count). The molecule has 0 unspecified atom stereocenters. The molecule has 0 radical (unpaired) electrons. The van der Waals surface area contributed by atoms with E-state index in [1.807, 2.05) is 30.3 Å². The minimum absolute atomic E-state index is 0.476. The lowest BCUT2D eigenvalue weighted by atomic mass is 10.0. The number of nitriles is 2. The van der Waals surface area contributed by atoms with Gasteiger partial charge in [-0.05, 0) is 95.7 Å². The van der Waals surface area contributed by atoms with E-state index in [4.69, 9.17) is 0 Å². The highest BCUT2D eigenvalue weighted by Crippen LogP contribution is 2.45. The molecule has 0 aliphatic carbocycles. The molecule has 0 bridgehead atoms. The second kappa shape index (κ2) is 13.2. The number of thiophene rings is 1. The zero-order valence-corrected chi connectivity index (χ0v) is 32.9. The Morgan fingerprint density at radius 2 is 0.950 bits per heavy atom. The van der Waals surface area contributed by atoms with Gasteiger partial charge in [-0.3, -0.25) is 0 Å². The van der Waals surface area contributed by atoms with Crippen molar-refractivity contribution in [3.05, 3.63) is 199 Å². The van der Waals surface area contributed by atoms with Crippen molar-refractivity contribution in [1.82, 2.24) is 9.13 Å². The predicted octanol–water partition coefficient (Wildman–Crippen LogP) is 14.6. The number of rotatable bonds is 5. The van der Waals surface area contributed by atoms with Crippen molar-refractivity contribution in [3.63, 3.8) is 0 Å². The molecule has 278 valence electrons. The van der Waals surface area contributed by atoms with Crippen molar-refractivity contribution in [3.8, 4) is 23.5 Å². The van der Waals surface area contributed by atoms with E-state index in [1.165, 1.54) is 14.8 Å². The molecule has 0 fully saturated rings. The van der Waals surface area contributed by atoms with Gasteiger partial charge in [0.25, 0.3) is 0 Å². The number of nitrogens with zero attached hydrogens (tertiary/aromatic N) is 5. The van der Waals surface area contributed by atoms with Gasteiger partial charge in [-0.15, -0.1) is 11.3 Å². The Hall–Kier alpha value is -8.16. The number of benzene rings is 9. The Kier molecular flexibility index (Phi) is 7.46. The Bertz CT molecular complexity index is 3760. The third-order valence-corrected chi connectivity index (χ3v) is 13.1. The van der Waals surface area contributed by atoms with Gasteiger partial charge in [0.15, 0.2) is 0 Å². The van der Waals surface area contributed by atoms with Crippen LogP contribution in [0.2, 0.25) is 0 Å². The van der Waals surface area contributed by atoms with E-state index >= 15 is 0 Å². The van der Waals surface area contributed by atoms with Crippen LogP contribution in [0.1, 0.15) is 11.1 Å². The molecule has 9 aromatic carbocycles. The molecule has 3 heterocycles. The van der Waals surface area contributed by atoms with Crippen LogP contribution in [-0.2, 0) is 0 Å². The van der Waals surface area contributed by atoms with Crippen LogP contribution >= 0.6 is 11.3 Å². The largest absolute Gasteiger partial charge is 0.310 e. The molecule has 0 aliphatic heterocycles. The van der Waals surface area contributed by atoms with Gasteiger partial charge in [0.1, 0.15) is 12.1 Å². The first-order valence-electron chi connectivity index (χ1n) is 19.9. The van der Waals surface area contributed by atoms with Crippen LogP contribution in [0.5, 0.6) is 0 Å². The highest BCUT2D eigenvalue weighted by atomic mass is 32.1. The lowest BCUT2D eigenvalue weighted by Crippen LogP contribution is -2.09. The van der Waals surface area contributed by atoms with Gasteiger partial charge in [-0.1, -0.05) is 103 Å². The van der Waals surface area contributed by atoms with Gasteiger partial charge in [-0.2, -0.15) is 10.5 Å². The van der Waals surface area contributed by atoms with E-state index in [0.29, 0.717) is 22.5 Å². The van der Waals surface area contributed by atoms with Crippen LogP contribution in [0.3, 0.4) is 0 Å². The lowest BCUT2D eigenvalue weighted by molar-refractivity contribution is 1.12. The number of anilines is 3. The molecule has 5 nitrogen and oxygen atoms in total. The van der Waals surface area contributed by atoms with Crippen LogP contribution in [0.25, 0.3) is 85.9 Å². The summed E-state index contributed by atoms with van der Waals surface area (Å²) in [5, 5.41) is 31.2. The SMILES string of the molecule is N#Cc1cc(-n2c3ccccc3c3c4ccccc4ccc32)c(C#N)cc1-n1c2ccc(N(c3ccccc3)c3ccccc3)cc2c2cc3sc4ccccc4c3cc21. The van der Waals surface area contributed by atoms with Crippen molar-refractivity contribution >= 4 is 103 Å². The van der Waals surface area contributed by atoms with Gasteiger partial charge in [0.05, 0.1) is 44.6 Å². The molecule has 0 saturated heterocycles. The summed E-state index contributed by atoms with van der Waals surface area (Å²) in [4.78, 5) is 2.28. The van der Waals surface area contributed by atoms with E-state index in [9.17, 15) is 10.5 Å². The number of hydrogen-bond acceptors (Lipinski definition) is 4. The zero-order valence-electron chi connectivity index (χ0n) is 32.0. The highest BCUT2D eigenvalue weighted by molar-refractivity contribution is 7.25. The van der Waals surface area contributed by atoms with Crippen LogP contribution < -0.4 is 4.90 Å². The second-order valence-electron chi connectivity index (χ2n) is 15.2. The Morgan fingerprint density at radius 3 is 1.67 bits per heavy atom. The minimum Gasteiger partial charge on any atom is -0.310 e. The summed E-state index contributed by atoms with van der Waals surface area (Å²) >= 11 is 1.79. The van der Waals surface area contributed by atoms with Crippen LogP contribution in [0.15, 0.2) is 188 Å². The van der Waals surface area contributed by atoms with Gasteiger partial charge >= 0.3 is 0 Å². The molecule has 0 atom stereocenters.